The van der Waals surface area contributed by atoms with Crippen molar-refractivity contribution in [3.63, 3.8) is 0 Å². The van der Waals surface area contributed by atoms with Gasteiger partial charge in [0.2, 0.25) is 5.91 Å². The minimum Gasteiger partial charge on any atom is -0.383 e. The van der Waals surface area contributed by atoms with Gasteiger partial charge in [0.1, 0.15) is 5.01 Å². The second kappa shape index (κ2) is 10.4. The quantitative estimate of drug-likeness (QED) is 0.724. The third-order valence-corrected chi connectivity index (χ3v) is 4.80. The molecule has 1 amide bonds. The van der Waals surface area contributed by atoms with Crippen molar-refractivity contribution in [3.05, 3.63) is 16.1 Å². The first-order valence-corrected chi connectivity index (χ1v) is 7.97. The van der Waals surface area contributed by atoms with Gasteiger partial charge >= 0.3 is 0 Å². The fourth-order valence-electron chi connectivity index (χ4n) is 2.63. The molecule has 0 aliphatic heterocycles. The number of hydrogen-bond donors (Lipinski definition) is 2. The second-order valence-corrected chi connectivity index (χ2v) is 6.16. The number of hydrogen-bond acceptors (Lipinski definition) is 5. The summed E-state index contributed by atoms with van der Waals surface area (Å²) in [5, 5.41) is 9.39. The highest BCUT2D eigenvalue weighted by Gasteiger charge is 2.39. The molecule has 0 aromatic carbocycles. The Hall–Kier alpha value is -0.400. The summed E-state index contributed by atoms with van der Waals surface area (Å²) < 4.78 is 4.95. The van der Waals surface area contributed by atoms with Crippen molar-refractivity contribution in [2.45, 2.75) is 38.1 Å². The number of nitrogens with one attached hydrogen (secondary N) is 2. The lowest BCUT2D eigenvalue weighted by molar-refractivity contribution is -0.122. The summed E-state index contributed by atoms with van der Waals surface area (Å²) in [5.41, 5.74) is 0.794. The van der Waals surface area contributed by atoms with Crippen LogP contribution in [0.3, 0.4) is 0 Å². The molecule has 8 heteroatoms. The molecule has 0 bridgehead atoms. The number of carbonyl (C=O) groups is 1. The second-order valence-electron chi connectivity index (χ2n) is 5.30. The molecule has 0 unspecified atom stereocenters. The maximum Gasteiger partial charge on any atom is 0.234 e. The lowest BCUT2D eigenvalue weighted by Crippen LogP contribution is -2.47. The summed E-state index contributed by atoms with van der Waals surface area (Å²) in [5.74, 6) is 0.0378. The topological polar surface area (TPSA) is 63.2 Å². The summed E-state index contributed by atoms with van der Waals surface area (Å²) in [4.78, 5) is 16.7. The van der Waals surface area contributed by atoms with Crippen molar-refractivity contribution in [3.8, 4) is 0 Å². The molecular weight excluding hydrogens is 345 g/mol. The Balaban J connectivity index is 0.00000220. The highest BCUT2D eigenvalue weighted by molar-refractivity contribution is 7.09. The van der Waals surface area contributed by atoms with Crippen LogP contribution in [0.4, 0.5) is 0 Å². The first-order valence-electron chi connectivity index (χ1n) is 7.09. The zero-order valence-corrected chi connectivity index (χ0v) is 15.5. The first-order chi connectivity index (χ1) is 9.66. The SMILES string of the molecule is COCCNCC(=O)NC1(c2nc(C)cs2)CCCC1.Cl.Cl. The van der Waals surface area contributed by atoms with E-state index in [1.165, 1.54) is 0 Å². The van der Waals surface area contributed by atoms with E-state index in [2.05, 4.69) is 21.0 Å². The zero-order valence-electron chi connectivity index (χ0n) is 13.0. The molecule has 1 heterocycles. The molecule has 1 aromatic heterocycles. The van der Waals surface area contributed by atoms with Gasteiger partial charge in [0.25, 0.3) is 0 Å². The third kappa shape index (κ3) is 5.66. The van der Waals surface area contributed by atoms with Gasteiger partial charge in [-0.25, -0.2) is 4.98 Å². The molecule has 1 aromatic rings. The van der Waals surface area contributed by atoms with E-state index in [-0.39, 0.29) is 36.3 Å². The fraction of sp³-hybridized carbons (Fsp3) is 0.714. The minimum absolute atomic E-state index is 0. The van der Waals surface area contributed by atoms with Gasteiger partial charge in [0.15, 0.2) is 0 Å². The predicted molar refractivity (Wildman–Crippen MR) is 94.4 cm³/mol. The van der Waals surface area contributed by atoms with Gasteiger partial charge < -0.3 is 15.4 Å². The maximum atomic E-state index is 12.1. The van der Waals surface area contributed by atoms with Crippen molar-refractivity contribution in [1.29, 1.82) is 0 Å². The Bertz CT molecular complexity index is 451. The van der Waals surface area contributed by atoms with Gasteiger partial charge in [-0.15, -0.1) is 36.2 Å². The van der Waals surface area contributed by atoms with Gasteiger partial charge in [-0.3, -0.25) is 4.79 Å². The average molecular weight is 370 g/mol. The van der Waals surface area contributed by atoms with Gasteiger partial charge in [-0.2, -0.15) is 0 Å². The number of nitrogens with zero attached hydrogens (tertiary/aromatic N) is 1. The highest BCUT2D eigenvalue weighted by atomic mass is 35.5. The first kappa shape index (κ1) is 21.6. The average Bonchev–Trinajstić information content (AvgIpc) is 3.05. The molecule has 5 nitrogen and oxygen atoms in total. The Labute approximate surface area is 148 Å². The maximum absolute atomic E-state index is 12.1. The van der Waals surface area contributed by atoms with Crippen LogP contribution in [0, 0.1) is 6.92 Å². The van der Waals surface area contributed by atoms with E-state index in [0.29, 0.717) is 19.7 Å². The van der Waals surface area contributed by atoms with Crippen LogP contribution in [0.5, 0.6) is 0 Å². The van der Waals surface area contributed by atoms with Gasteiger partial charge in [-0.05, 0) is 19.8 Å². The molecule has 0 saturated heterocycles. The van der Waals surface area contributed by atoms with Crippen LogP contribution in [0.1, 0.15) is 36.4 Å². The van der Waals surface area contributed by atoms with Crippen LogP contribution < -0.4 is 10.6 Å². The van der Waals surface area contributed by atoms with Crippen LogP contribution in [-0.4, -0.2) is 37.7 Å². The Morgan fingerprint density at radius 3 is 2.64 bits per heavy atom. The fourth-order valence-corrected chi connectivity index (χ4v) is 3.64. The van der Waals surface area contributed by atoms with E-state index in [4.69, 9.17) is 4.74 Å². The van der Waals surface area contributed by atoms with Crippen LogP contribution in [0.2, 0.25) is 0 Å². The summed E-state index contributed by atoms with van der Waals surface area (Å²) in [6.45, 7) is 3.63. The van der Waals surface area contributed by atoms with Crippen molar-refractivity contribution >= 4 is 42.1 Å². The molecule has 1 aliphatic rings. The Morgan fingerprint density at radius 1 is 1.41 bits per heavy atom. The molecule has 2 N–H and O–H groups in total. The molecule has 1 aliphatic carbocycles. The molecule has 1 saturated carbocycles. The van der Waals surface area contributed by atoms with E-state index in [0.717, 1.165) is 36.4 Å². The van der Waals surface area contributed by atoms with Gasteiger partial charge in [0, 0.05) is 24.7 Å². The van der Waals surface area contributed by atoms with Crippen LogP contribution >= 0.6 is 36.2 Å². The molecular formula is C14H25Cl2N3O2S. The monoisotopic (exact) mass is 369 g/mol. The van der Waals surface area contributed by atoms with Gasteiger partial charge in [0.05, 0.1) is 18.7 Å². The van der Waals surface area contributed by atoms with E-state index >= 15 is 0 Å². The number of thiazole rings is 1. The highest BCUT2D eigenvalue weighted by Crippen LogP contribution is 2.39. The van der Waals surface area contributed by atoms with Crippen molar-refractivity contribution in [2.75, 3.05) is 26.8 Å². The summed E-state index contributed by atoms with van der Waals surface area (Å²) in [6, 6.07) is 0. The molecule has 2 rings (SSSR count). The lowest BCUT2D eigenvalue weighted by Gasteiger charge is -2.28. The molecule has 0 radical (unpaired) electrons. The number of aromatic nitrogens is 1. The lowest BCUT2D eigenvalue weighted by atomic mass is 9.98. The number of carbonyl (C=O) groups excluding carboxylic acids is 1. The smallest absolute Gasteiger partial charge is 0.234 e. The van der Waals surface area contributed by atoms with Gasteiger partial charge in [-0.1, -0.05) is 12.8 Å². The van der Waals surface area contributed by atoms with E-state index < -0.39 is 0 Å². The molecule has 128 valence electrons. The molecule has 0 atom stereocenters. The van der Waals surface area contributed by atoms with E-state index in [1.807, 2.05) is 6.92 Å². The molecule has 22 heavy (non-hydrogen) atoms. The summed E-state index contributed by atoms with van der Waals surface area (Å²) >= 11 is 1.65. The van der Waals surface area contributed by atoms with Crippen LogP contribution in [0.25, 0.3) is 0 Å². The van der Waals surface area contributed by atoms with Crippen LogP contribution in [-0.2, 0) is 15.1 Å². The van der Waals surface area contributed by atoms with Crippen molar-refractivity contribution < 1.29 is 9.53 Å². The minimum atomic E-state index is -0.237. The Kier molecular flexibility index (Phi) is 10.2. The number of aryl methyl sites for hydroxylation is 1. The van der Waals surface area contributed by atoms with E-state index in [1.54, 1.807) is 18.4 Å². The summed E-state index contributed by atoms with van der Waals surface area (Å²) in [6.07, 6.45) is 4.28. The predicted octanol–water partition coefficient (Wildman–Crippen LogP) is 2.42. The molecule has 0 spiro atoms. The number of halogens is 2. The molecule has 1 fully saturated rings. The van der Waals surface area contributed by atoms with Crippen LogP contribution in [0.15, 0.2) is 5.38 Å². The zero-order chi connectivity index (χ0) is 14.4. The number of rotatable bonds is 7. The van der Waals surface area contributed by atoms with Crippen molar-refractivity contribution in [2.24, 2.45) is 0 Å². The largest absolute Gasteiger partial charge is 0.383 e. The summed E-state index contributed by atoms with van der Waals surface area (Å²) in [7, 11) is 1.65. The van der Waals surface area contributed by atoms with E-state index in [9.17, 15) is 4.79 Å². The number of ether oxygens (including phenoxy) is 1. The number of methoxy groups -OCH3 is 1. The third-order valence-electron chi connectivity index (χ3n) is 3.63. The Morgan fingerprint density at radius 2 is 2.09 bits per heavy atom. The normalized spacial score (nSPS) is 15.7. The standard InChI is InChI=1S/C14H23N3O2S.2ClH/c1-11-10-20-13(16-11)14(5-3-4-6-14)17-12(18)9-15-7-8-19-2;;/h10,15H,3-9H2,1-2H3,(H,17,18);2*1H. The van der Waals surface area contributed by atoms with Crippen molar-refractivity contribution in [1.82, 2.24) is 15.6 Å². The number of amides is 1.